The maximum absolute atomic E-state index is 6.11. The maximum atomic E-state index is 6.11. The molecular weight excluding hydrogens is 198 g/mol. The summed E-state index contributed by atoms with van der Waals surface area (Å²) in [6.45, 7) is 1.97. The third kappa shape index (κ3) is 2.64. The highest BCUT2D eigenvalue weighted by atomic mass is 14.7. The molecule has 1 unspecified atom stereocenters. The SMILES string of the molecule is Cc1ccc(C(N)Cc2cccnc2)cn1. The second-order valence-corrected chi connectivity index (χ2v) is 3.90. The largest absolute Gasteiger partial charge is 0.324 e. The maximum Gasteiger partial charge on any atom is 0.0372 e. The molecule has 0 fully saturated rings. The van der Waals surface area contributed by atoms with Crippen LogP contribution in [-0.4, -0.2) is 9.97 Å². The fourth-order valence-corrected chi connectivity index (χ4v) is 1.59. The van der Waals surface area contributed by atoms with Gasteiger partial charge in [-0.05, 0) is 36.6 Å². The second-order valence-electron chi connectivity index (χ2n) is 3.90. The molecule has 0 aliphatic heterocycles. The normalized spacial score (nSPS) is 12.4. The molecule has 0 radical (unpaired) electrons. The molecule has 2 N–H and O–H groups in total. The van der Waals surface area contributed by atoms with E-state index < -0.39 is 0 Å². The van der Waals surface area contributed by atoms with E-state index in [1.807, 2.05) is 43.6 Å². The van der Waals surface area contributed by atoms with E-state index >= 15 is 0 Å². The summed E-state index contributed by atoms with van der Waals surface area (Å²) in [7, 11) is 0. The lowest BCUT2D eigenvalue weighted by molar-refractivity contribution is 0.715. The summed E-state index contributed by atoms with van der Waals surface area (Å²) < 4.78 is 0. The van der Waals surface area contributed by atoms with Gasteiger partial charge in [0.25, 0.3) is 0 Å². The Kier molecular flexibility index (Phi) is 3.27. The first-order chi connectivity index (χ1) is 7.75. The smallest absolute Gasteiger partial charge is 0.0372 e. The van der Waals surface area contributed by atoms with Crippen molar-refractivity contribution in [3.63, 3.8) is 0 Å². The Hall–Kier alpha value is -1.74. The van der Waals surface area contributed by atoms with Crippen LogP contribution in [0.3, 0.4) is 0 Å². The molecule has 0 aromatic carbocycles. The van der Waals surface area contributed by atoms with E-state index in [1.165, 1.54) is 0 Å². The molecule has 0 saturated heterocycles. The zero-order chi connectivity index (χ0) is 11.4. The predicted octanol–water partition coefficient (Wildman–Crippen LogP) is 2.03. The van der Waals surface area contributed by atoms with Crippen molar-refractivity contribution < 1.29 is 0 Å². The van der Waals surface area contributed by atoms with E-state index in [-0.39, 0.29) is 6.04 Å². The summed E-state index contributed by atoms with van der Waals surface area (Å²) in [5.74, 6) is 0. The Bertz CT molecular complexity index is 436. The van der Waals surface area contributed by atoms with Crippen molar-refractivity contribution in [1.29, 1.82) is 0 Å². The predicted molar refractivity (Wildman–Crippen MR) is 63.8 cm³/mol. The molecule has 0 amide bonds. The molecule has 0 saturated carbocycles. The first-order valence-corrected chi connectivity index (χ1v) is 5.33. The number of nitrogens with zero attached hydrogens (tertiary/aromatic N) is 2. The van der Waals surface area contributed by atoms with Crippen molar-refractivity contribution in [3.05, 3.63) is 59.7 Å². The summed E-state index contributed by atoms with van der Waals surface area (Å²) in [6, 6.07) is 7.96. The molecule has 2 heterocycles. The van der Waals surface area contributed by atoms with Crippen LogP contribution in [0.4, 0.5) is 0 Å². The van der Waals surface area contributed by atoms with E-state index in [9.17, 15) is 0 Å². The fourth-order valence-electron chi connectivity index (χ4n) is 1.59. The lowest BCUT2D eigenvalue weighted by Crippen LogP contribution is -2.13. The van der Waals surface area contributed by atoms with Crippen molar-refractivity contribution in [3.8, 4) is 0 Å². The number of hydrogen-bond donors (Lipinski definition) is 1. The van der Waals surface area contributed by atoms with Crippen LogP contribution in [0.1, 0.15) is 22.9 Å². The molecule has 0 aliphatic carbocycles. The summed E-state index contributed by atoms with van der Waals surface area (Å²) in [5, 5.41) is 0. The Morgan fingerprint density at radius 3 is 2.75 bits per heavy atom. The molecular formula is C13H15N3. The zero-order valence-electron chi connectivity index (χ0n) is 9.30. The van der Waals surface area contributed by atoms with Gasteiger partial charge in [0.15, 0.2) is 0 Å². The van der Waals surface area contributed by atoms with Crippen LogP contribution in [0.2, 0.25) is 0 Å². The number of aromatic nitrogens is 2. The van der Waals surface area contributed by atoms with E-state index in [0.717, 1.165) is 23.2 Å². The zero-order valence-corrected chi connectivity index (χ0v) is 9.30. The van der Waals surface area contributed by atoms with Crippen molar-refractivity contribution in [2.75, 3.05) is 0 Å². The Morgan fingerprint density at radius 2 is 2.12 bits per heavy atom. The van der Waals surface area contributed by atoms with E-state index in [1.54, 1.807) is 6.20 Å². The first kappa shape index (κ1) is 10.8. The standard InChI is InChI=1S/C13H15N3/c1-10-4-5-12(9-16-10)13(14)7-11-3-2-6-15-8-11/h2-6,8-9,13H,7,14H2,1H3. The average molecular weight is 213 g/mol. The molecule has 82 valence electrons. The van der Waals surface area contributed by atoms with Crippen LogP contribution in [0.5, 0.6) is 0 Å². The van der Waals surface area contributed by atoms with Crippen LogP contribution in [0.25, 0.3) is 0 Å². The highest BCUT2D eigenvalue weighted by Gasteiger charge is 2.07. The van der Waals surface area contributed by atoms with E-state index in [0.29, 0.717) is 0 Å². The van der Waals surface area contributed by atoms with Gasteiger partial charge in [0.2, 0.25) is 0 Å². The topological polar surface area (TPSA) is 51.8 Å². The third-order valence-electron chi connectivity index (χ3n) is 2.54. The van der Waals surface area contributed by atoms with Crippen molar-refractivity contribution in [1.82, 2.24) is 9.97 Å². The average Bonchev–Trinajstić information content (AvgIpc) is 2.31. The molecule has 2 aromatic rings. The number of nitrogens with two attached hydrogens (primary N) is 1. The van der Waals surface area contributed by atoms with Gasteiger partial charge in [0, 0.05) is 30.3 Å². The third-order valence-corrected chi connectivity index (χ3v) is 2.54. The minimum Gasteiger partial charge on any atom is -0.324 e. The van der Waals surface area contributed by atoms with Gasteiger partial charge >= 0.3 is 0 Å². The van der Waals surface area contributed by atoms with Crippen molar-refractivity contribution in [2.45, 2.75) is 19.4 Å². The van der Waals surface area contributed by atoms with Crippen LogP contribution >= 0.6 is 0 Å². The Labute approximate surface area is 95.4 Å². The van der Waals surface area contributed by atoms with Gasteiger partial charge in [0.05, 0.1) is 0 Å². The molecule has 0 spiro atoms. The lowest BCUT2D eigenvalue weighted by Gasteiger charge is -2.11. The molecule has 2 aromatic heterocycles. The second kappa shape index (κ2) is 4.86. The van der Waals surface area contributed by atoms with E-state index in [2.05, 4.69) is 9.97 Å². The fraction of sp³-hybridized carbons (Fsp3) is 0.231. The van der Waals surface area contributed by atoms with E-state index in [4.69, 9.17) is 5.73 Å². The van der Waals surface area contributed by atoms with Crippen molar-refractivity contribution in [2.24, 2.45) is 5.73 Å². The summed E-state index contributed by atoms with van der Waals surface area (Å²) in [6.07, 6.45) is 6.25. The summed E-state index contributed by atoms with van der Waals surface area (Å²) in [4.78, 5) is 8.32. The number of hydrogen-bond acceptors (Lipinski definition) is 3. The monoisotopic (exact) mass is 213 g/mol. The van der Waals surface area contributed by atoms with Crippen LogP contribution < -0.4 is 5.73 Å². The van der Waals surface area contributed by atoms with Gasteiger partial charge in [-0.3, -0.25) is 9.97 Å². The van der Waals surface area contributed by atoms with Crippen molar-refractivity contribution >= 4 is 0 Å². The number of rotatable bonds is 3. The highest BCUT2D eigenvalue weighted by Crippen LogP contribution is 2.14. The van der Waals surface area contributed by atoms with Gasteiger partial charge in [-0.15, -0.1) is 0 Å². The number of aryl methyl sites for hydroxylation is 1. The Balaban J connectivity index is 2.09. The van der Waals surface area contributed by atoms with Crippen LogP contribution in [0, 0.1) is 6.92 Å². The molecule has 3 nitrogen and oxygen atoms in total. The van der Waals surface area contributed by atoms with Crippen LogP contribution in [0.15, 0.2) is 42.9 Å². The van der Waals surface area contributed by atoms with Crippen LogP contribution in [-0.2, 0) is 6.42 Å². The summed E-state index contributed by atoms with van der Waals surface area (Å²) in [5.41, 5.74) is 9.33. The molecule has 3 heteroatoms. The minimum atomic E-state index is -0.0164. The lowest BCUT2D eigenvalue weighted by atomic mass is 10.0. The van der Waals surface area contributed by atoms with Gasteiger partial charge in [0.1, 0.15) is 0 Å². The highest BCUT2D eigenvalue weighted by molar-refractivity contribution is 5.20. The minimum absolute atomic E-state index is 0.0164. The number of pyridine rings is 2. The van der Waals surface area contributed by atoms with Gasteiger partial charge in [-0.25, -0.2) is 0 Å². The molecule has 1 atom stereocenters. The quantitative estimate of drug-likeness (QED) is 0.848. The first-order valence-electron chi connectivity index (χ1n) is 5.33. The van der Waals surface area contributed by atoms with Gasteiger partial charge in [-0.2, -0.15) is 0 Å². The Morgan fingerprint density at radius 1 is 1.25 bits per heavy atom. The molecule has 0 bridgehead atoms. The molecule has 0 aliphatic rings. The van der Waals surface area contributed by atoms with Gasteiger partial charge < -0.3 is 5.73 Å². The molecule has 2 rings (SSSR count). The summed E-state index contributed by atoms with van der Waals surface area (Å²) >= 11 is 0. The molecule has 16 heavy (non-hydrogen) atoms. The van der Waals surface area contributed by atoms with Gasteiger partial charge in [-0.1, -0.05) is 12.1 Å².